The number of aromatic nitrogens is 1. The first-order chi connectivity index (χ1) is 17.8. The van der Waals surface area contributed by atoms with Gasteiger partial charge in [-0.1, -0.05) is 6.07 Å². The van der Waals surface area contributed by atoms with Crippen LogP contribution in [-0.4, -0.2) is 83.0 Å². The van der Waals surface area contributed by atoms with Crippen LogP contribution in [0.5, 0.6) is 0 Å². The molecule has 3 rings (SSSR count). The number of halogens is 3. The molecule has 0 bridgehead atoms. The highest BCUT2D eigenvalue weighted by Crippen LogP contribution is 2.24. The van der Waals surface area contributed by atoms with Crippen LogP contribution >= 0.6 is 0 Å². The van der Waals surface area contributed by atoms with Crippen LogP contribution in [0.15, 0.2) is 35.4 Å². The summed E-state index contributed by atoms with van der Waals surface area (Å²) in [6.45, 7) is 7.49. The normalized spacial score (nSPS) is 13.8. The molecule has 0 spiro atoms. The number of amides is 1. The fourth-order valence-electron chi connectivity index (χ4n) is 3.27. The van der Waals surface area contributed by atoms with Crippen LogP contribution in [0.3, 0.4) is 0 Å². The maximum absolute atomic E-state index is 12.9. The Labute approximate surface area is 218 Å². The number of carbonyl (C=O) groups is 2. The van der Waals surface area contributed by atoms with E-state index in [1.807, 2.05) is 18.7 Å². The van der Waals surface area contributed by atoms with Crippen molar-refractivity contribution in [1.82, 2.24) is 15.6 Å². The number of pyridine rings is 1. The summed E-state index contributed by atoms with van der Waals surface area (Å²) >= 11 is 0. The fourth-order valence-corrected chi connectivity index (χ4v) is 4.38. The second kappa shape index (κ2) is 13.4. The first-order valence-corrected chi connectivity index (χ1v) is 12.9. The molecule has 11 nitrogen and oxygen atoms in total. The van der Waals surface area contributed by atoms with Gasteiger partial charge in [0.15, 0.2) is 0 Å². The Morgan fingerprint density at radius 1 is 1.16 bits per heavy atom. The van der Waals surface area contributed by atoms with E-state index in [2.05, 4.69) is 20.3 Å². The summed E-state index contributed by atoms with van der Waals surface area (Å²) in [5.74, 6) is -2.55. The number of rotatable bonds is 8. The zero-order valence-electron chi connectivity index (χ0n) is 21.1. The van der Waals surface area contributed by atoms with Crippen LogP contribution in [0.25, 0.3) is 0 Å². The summed E-state index contributed by atoms with van der Waals surface area (Å²) in [5, 5.41) is 13.2. The van der Waals surface area contributed by atoms with Crippen molar-refractivity contribution in [2.24, 2.45) is 0 Å². The van der Waals surface area contributed by atoms with Gasteiger partial charge < -0.3 is 25.4 Å². The zero-order valence-corrected chi connectivity index (χ0v) is 21.9. The predicted octanol–water partition coefficient (Wildman–Crippen LogP) is 1.92. The molecule has 1 aromatic heterocycles. The number of hydrogen-bond acceptors (Lipinski definition) is 8. The van der Waals surface area contributed by atoms with Gasteiger partial charge in [-0.3, -0.25) is 9.52 Å². The molecule has 0 aliphatic carbocycles. The van der Waals surface area contributed by atoms with E-state index in [1.54, 1.807) is 25.3 Å². The third kappa shape index (κ3) is 8.85. The minimum absolute atomic E-state index is 0.160. The van der Waals surface area contributed by atoms with E-state index in [0.717, 1.165) is 24.2 Å². The number of piperazine rings is 1. The minimum atomic E-state index is -5.08. The number of anilines is 2. The molecule has 0 saturated carbocycles. The number of hydrogen-bond donors (Lipinski definition) is 4. The van der Waals surface area contributed by atoms with Crippen molar-refractivity contribution >= 4 is 33.4 Å². The predicted molar refractivity (Wildman–Crippen MR) is 134 cm³/mol. The molecule has 2 aromatic rings. The maximum Gasteiger partial charge on any atom is 0.490 e. The Kier molecular flexibility index (Phi) is 10.9. The Bertz CT molecular complexity index is 1230. The number of ether oxygens (including phenoxy) is 1. The number of nitrogens with one attached hydrogen (secondary N) is 3. The lowest BCUT2D eigenvalue weighted by molar-refractivity contribution is -0.192. The summed E-state index contributed by atoms with van der Waals surface area (Å²) in [5.41, 5.74) is 2.44. The van der Waals surface area contributed by atoms with Crippen molar-refractivity contribution in [3.63, 3.8) is 0 Å². The van der Waals surface area contributed by atoms with Gasteiger partial charge in [-0.15, -0.1) is 0 Å². The van der Waals surface area contributed by atoms with E-state index in [4.69, 9.17) is 14.6 Å². The van der Waals surface area contributed by atoms with Gasteiger partial charge in [0.2, 0.25) is 0 Å². The number of carboxylic acid groups (broad SMARTS) is 1. The molecule has 210 valence electrons. The third-order valence-electron chi connectivity index (χ3n) is 5.40. The van der Waals surface area contributed by atoms with Crippen molar-refractivity contribution in [1.29, 1.82) is 0 Å². The second-order valence-electron chi connectivity index (χ2n) is 8.24. The van der Waals surface area contributed by atoms with Crippen LogP contribution in [0.1, 0.15) is 21.5 Å². The molecule has 1 aromatic carbocycles. The lowest BCUT2D eigenvalue weighted by Crippen LogP contribution is -2.44. The van der Waals surface area contributed by atoms with Crippen LogP contribution in [-0.2, 0) is 19.6 Å². The summed E-state index contributed by atoms with van der Waals surface area (Å²) in [6, 6.07) is 6.49. The lowest BCUT2D eigenvalue weighted by Gasteiger charge is -2.30. The number of nitrogens with zero attached hydrogens (tertiary/aromatic N) is 2. The van der Waals surface area contributed by atoms with E-state index in [0.29, 0.717) is 37.6 Å². The molecule has 1 aliphatic rings. The zero-order chi connectivity index (χ0) is 28.5. The van der Waals surface area contributed by atoms with Crippen LogP contribution < -0.4 is 20.3 Å². The smallest absolute Gasteiger partial charge is 0.475 e. The maximum atomic E-state index is 12.9. The number of carbonyl (C=O) groups excluding carboxylic acids is 1. The van der Waals surface area contributed by atoms with Gasteiger partial charge in [0.1, 0.15) is 5.82 Å². The average Bonchev–Trinajstić information content (AvgIpc) is 2.85. The van der Waals surface area contributed by atoms with Gasteiger partial charge in [-0.05, 0) is 43.2 Å². The summed E-state index contributed by atoms with van der Waals surface area (Å²) < 4.78 is 65.0. The summed E-state index contributed by atoms with van der Waals surface area (Å²) in [6.07, 6.45) is -3.64. The quantitative estimate of drug-likeness (QED) is 0.355. The monoisotopic (exact) mass is 561 g/mol. The summed E-state index contributed by atoms with van der Waals surface area (Å²) in [7, 11) is -2.26. The largest absolute Gasteiger partial charge is 0.490 e. The Balaban J connectivity index is 0.000000638. The molecule has 38 heavy (non-hydrogen) atoms. The Morgan fingerprint density at radius 2 is 1.79 bits per heavy atom. The highest BCUT2D eigenvalue weighted by molar-refractivity contribution is 7.92. The van der Waals surface area contributed by atoms with Gasteiger partial charge in [-0.25, -0.2) is 18.2 Å². The van der Waals surface area contributed by atoms with E-state index in [1.165, 1.54) is 12.3 Å². The van der Waals surface area contributed by atoms with E-state index in [-0.39, 0.29) is 16.5 Å². The molecule has 0 unspecified atom stereocenters. The summed E-state index contributed by atoms with van der Waals surface area (Å²) in [4.78, 5) is 28.3. The molecular formula is C23H30F3N5O6S. The van der Waals surface area contributed by atoms with Crippen LogP contribution in [0.2, 0.25) is 0 Å². The Hall–Kier alpha value is -3.43. The Morgan fingerprint density at radius 3 is 2.34 bits per heavy atom. The minimum Gasteiger partial charge on any atom is -0.475 e. The first kappa shape index (κ1) is 30.8. The topological polar surface area (TPSA) is 150 Å². The molecule has 15 heteroatoms. The molecular weight excluding hydrogens is 531 g/mol. The number of aryl methyl sites for hydroxylation is 2. The molecule has 4 N–H and O–H groups in total. The molecule has 1 aliphatic heterocycles. The van der Waals surface area contributed by atoms with Crippen molar-refractivity contribution in [3.05, 3.63) is 47.2 Å². The van der Waals surface area contributed by atoms with Crippen LogP contribution in [0.4, 0.5) is 24.7 Å². The third-order valence-corrected chi connectivity index (χ3v) is 6.78. The molecule has 1 saturated heterocycles. The van der Waals surface area contributed by atoms with Gasteiger partial charge in [0, 0.05) is 39.8 Å². The van der Waals surface area contributed by atoms with Gasteiger partial charge in [0.25, 0.3) is 15.9 Å². The van der Waals surface area contributed by atoms with E-state index >= 15 is 0 Å². The number of carboxylic acids is 1. The van der Waals surface area contributed by atoms with E-state index in [9.17, 15) is 26.4 Å². The van der Waals surface area contributed by atoms with Gasteiger partial charge in [0.05, 0.1) is 29.0 Å². The van der Waals surface area contributed by atoms with Crippen molar-refractivity contribution in [3.8, 4) is 0 Å². The van der Waals surface area contributed by atoms with E-state index < -0.39 is 22.2 Å². The number of benzene rings is 1. The standard InChI is InChI=1S/C21H29N5O4S.C2HF3O2/c1-15-4-5-18(12-16(15)2)31(28,29)25-17-13-19(21(27)23-8-11-30-3)20(24-14-17)26-9-6-22-7-10-26;3-2(4,5)1(6)7/h4-5,12-14,22,25H,6-11H2,1-3H3,(H,23,27);(H,6,7). The average molecular weight is 562 g/mol. The molecule has 1 amide bonds. The molecule has 0 radical (unpaired) electrons. The highest BCUT2D eigenvalue weighted by Gasteiger charge is 2.38. The number of alkyl halides is 3. The van der Waals surface area contributed by atoms with Gasteiger partial charge in [-0.2, -0.15) is 13.2 Å². The van der Waals surface area contributed by atoms with Crippen molar-refractivity contribution in [2.75, 3.05) is 56.1 Å². The highest BCUT2D eigenvalue weighted by atomic mass is 32.2. The van der Waals surface area contributed by atoms with Crippen molar-refractivity contribution in [2.45, 2.75) is 24.9 Å². The fraction of sp³-hybridized carbons (Fsp3) is 0.435. The SMILES string of the molecule is COCCNC(=O)c1cc(NS(=O)(=O)c2ccc(C)c(C)c2)cnc1N1CCNCC1.O=C(O)C(F)(F)F. The van der Waals surface area contributed by atoms with Crippen molar-refractivity contribution < 1.29 is 41.0 Å². The number of sulfonamides is 1. The second-order valence-corrected chi connectivity index (χ2v) is 9.92. The lowest BCUT2D eigenvalue weighted by atomic mass is 10.1. The number of aliphatic carboxylic acids is 1. The molecule has 2 heterocycles. The number of methoxy groups -OCH3 is 1. The van der Waals surface area contributed by atoms with Gasteiger partial charge >= 0.3 is 12.1 Å². The molecule has 0 atom stereocenters. The molecule has 1 fully saturated rings. The van der Waals surface area contributed by atoms with Crippen LogP contribution in [0, 0.1) is 13.8 Å². The first-order valence-electron chi connectivity index (χ1n) is 11.4.